The minimum Gasteiger partial charge on any atom is -0.464 e. The van der Waals surface area contributed by atoms with Crippen molar-refractivity contribution in [1.82, 2.24) is 0 Å². The van der Waals surface area contributed by atoms with Gasteiger partial charge in [-0.3, -0.25) is 0 Å². The van der Waals surface area contributed by atoms with Crippen LogP contribution in [0.15, 0.2) is 0 Å². The molecule has 0 amide bonds. The summed E-state index contributed by atoms with van der Waals surface area (Å²) in [7, 11) is 0. The van der Waals surface area contributed by atoms with Gasteiger partial charge in [0.25, 0.3) is 0 Å². The van der Waals surface area contributed by atoms with Crippen molar-refractivity contribution in [3.8, 4) is 0 Å². The molecule has 2 atom stereocenters. The van der Waals surface area contributed by atoms with Crippen LogP contribution in [0.25, 0.3) is 0 Å². The van der Waals surface area contributed by atoms with Crippen LogP contribution in [0.1, 0.15) is 20.3 Å². The molecule has 4 nitrogen and oxygen atoms in total. The van der Waals surface area contributed by atoms with Gasteiger partial charge in [0.05, 0.1) is 6.61 Å². The molecule has 82 valence electrons. The highest BCUT2D eigenvalue weighted by molar-refractivity contribution is 14.1. The molecule has 0 aromatic heterocycles. The van der Waals surface area contributed by atoms with Gasteiger partial charge >= 0.3 is 5.97 Å². The number of carbonyl (C=O) groups is 1. The van der Waals surface area contributed by atoms with Crippen LogP contribution < -0.4 is 0 Å². The summed E-state index contributed by atoms with van der Waals surface area (Å²) in [6.07, 6.45) is -0.977. The lowest BCUT2D eigenvalue weighted by Crippen LogP contribution is -2.37. The van der Waals surface area contributed by atoms with Crippen molar-refractivity contribution in [3.63, 3.8) is 0 Å². The second-order valence-corrected chi connectivity index (χ2v) is 4.82. The molecule has 1 heterocycles. The summed E-state index contributed by atoms with van der Waals surface area (Å²) in [4.78, 5) is 11.1. The van der Waals surface area contributed by atoms with E-state index in [2.05, 4.69) is 22.6 Å². The number of esters is 1. The van der Waals surface area contributed by atoms with Crippen LogP contribution in [0, 0.1) is 5.41 Å². The highest BCUT2D eigenvalue weighted by atomic mass is 127. The van der Waals surface area contributed by atoms with Gasteiger partial charge in [0, 0.05) is 16.3 Å². The van der Waals surface area contributed by atoms with Crippen LogP contribution in [0.2, 0.25) is 0 Å². The van der Waals surface area contributed by atoms with Crippen LogP contribution in [-0.2, 0) is 14.3 Å². The van der Waals surface area contributed by atoms with Gasteiger partial charge in [0.1, 0.15) is 0 Å². The zero-order valence-electron chi connectivity index (χ0n) is 8.33. The number of rotatable bonds is 4. The Labute approximate surface area is 97.1 Å². The van der Waals surface area contributed by atoms with E-state index in [4.69, 9.17) is 9.47 Å². The molecule has 1 rings (SSSR count). The number of hydrogen-bond acceptors (Lipinski definition) is 4. The predicted octanol–water partition coefficient (Wildman–Crippen LogP) is 1.10. The van der Waals surface area contributed by atoms with Gasteiger partial charge in [-0.2, -0.15) is 0 Å². The van der Waals surface area contributed by atoms with E-state index in [1.165, 1.54) is 0 Å². The quantitative estimate of drug-likeness (QED) is 0.365. The topological polar surface area (TPSA) is 55.8 Å². The molecule has 0 aromatic carbocycles. The maximum atomic E-state index is 11.1. The maximum Gasteiger partial charge on any atom is 0.335 e. The summed E-state index contributed by atoms with van der Waals surface area (Å²) < 4.78 is 10.7. The van der Waals surface area contributed by atoms with Crippen molar-refractivity contribution >= 4 is 28.6 Å². The fourth-order valence-electron chi connectivity index (χ4n) is 1.01. The van der Waals surface area contributed by atoms with E-state index in [1.54, 1.807) is 0 Å². The molecule has 1 aliphatic rings. The Hall–Kier alpha value is 0.120. The monoisotopic (exact) mass is 314 g/mol. The predicted molar refractivity (Wildman–Crippen MR) is 59.1 cm³/mol. The van der Waals surface area contributed by atoms with E-state index in [-0.39, 0.29) is 11.4 Å². The molecule has 1 saturated heterocycles. The van der Waals surface area contributed by atoms with E-state index >= 15 is 0 Å². The summed E-state index contributed by atoms with van der Waals surface area (Å²) in [6, 6.07) is 0. The third-order valence-electron chi connectivity index (χ3n) is 2.19. The second-order valence-electron chi connectivity index (χ2n) is 4.06. The molecule has 0 saturated carbocycles. The molecule has 0 aliphatic carbocycles. The lowest BCUT2D eigenvalue weighted by Gasteiger charge is -2.29. The average molecular weight is 314 g/mol. The molecular formula is C9H15IO4. The number of halogens is 1. The Balaban J connectivity index is 2.47. The van der Waals surface area contributed by atoms with Gasteiger partial charge in [0.15, 0.2) is 12.4 Å². The Kier molecular flexibility index (Phi) is 4.15. The number of ether oxygens (including phenoxy) is 2. The Morgan fingerprint density at radius 3 is 2.86 bits per heavy atom. The minimum atomic E-state index is -0.921. The zero-order valence-corrected chi connectivity index (χ0v) is 10.5. The summed E-state index contributed by atoms with van der Waals surface area (Å²) in [5, 5.41) is 9.72. The van der Waals surface area contributed by atoms with Crippen molar-refractivity contribution in [2.45, 2.75) is 32.7 Å². The normalized spacial score (nSPS) is 24.9. The third-order valence-corrected chi connectivity index (χ3v) is 4.16. The van der Waals surface area contributed by atoms with Crippen molar-refractivity contribution < 1.29 is 19.4 Å². The molecule has 14 heavy (non-hydrogen) atoms. The van der Waals surface area contributed by atoms with Crippen LogP contribution in [0.3, 0.4) is 0 Å². The van der Waals surface area contributed by atoms with E-state index in [9.17, 15) is 9.90 Å². The molecule has 0 radical (unpaired) electrons. The lowest BCUT2D eigenvalue weighted by molar-refractivity contribution is -0.192. The molecule has 0 aromatic rings. The van der Waals surface area contributed by atoms with Gasteiger partial charge in [-0.25, -0.2) is 4.79 Å². The van der Waals surface area contributed by atoms with Crippen LogP contribution in [-0.4, -0.2) is 34.5 Å². The highest BCUT2D eigenvalue weighted by Gasteiger charge is 2.35. The van der Waals surface area contributed by atoms with Gasteiger partial charge < -0.3 is 14.6 Å². The molecule has 0 spiro atoms. The SMILES string of the molecule is CC(C)(CI)C(O)OC1CCOC1=O. The fraction of sp³-hybridized carbons (Fsp3) is 0.889. The van der Waals surface area contributed by atoms with Crippen molar-refractivity contribution in [2.24, 2.45) is 5.41 Å². The van der Waals surface area contributed by atoms with Gasteiger partial charge in [-0.05, 0) is 0 Å². The first-order chi connectivity index (χ1) is 6.47. The van der Waals surface area contributed by atoms with Gasteiger partial charge in [-0.15, -0.1) is 0 Å². The van der Waals surface area contributed by atoms with Gasteiger partial charge in [0.2, 0.25) is 0 Å². The van der Waals surface area contributed by atoms with Crippen LogP contribution in [0.5, 0.6) is 0 Å². The zero-order chi connectivity index (χ0) is 10.8. The van der Waals surface area contributed by atoms with Crippen LogP contribution >= 0.6 is 22.6 Å². The minimum absolute atomic E-state index is 0.344. The number of hydrogen-bond donors (Lipinski definition) is 1. The largest absolute Gasteiger partial charge is 0.464 e. The van der Waals surface area contributed by atoms with E-state index in [0.29, 0.717) is 13.0 Å². The summed E-state index contributed by atoms with van der Waals surface area (Å²) in [6.45, 7) is 4.18. The molecule has 1 fully saturated rings. The Morgan fingerprint density at radius 2 is 2.43 bits per heavy atom. The summed E-state index contributed by atoms with van der Waals surface area (Å²) in [5.41, 5.74) is -0.344. The standard InChI is InChI=1S/C9H15IO4/c1-9(2,5-10)8(12)14-6-3-4-13-7(6)11/h6,8,12H,3-5H2,1-2H3. The average Bonchev–Trinajstić information content (AvgIpc) is 2.52. The first-order valence-electron chi connectivity index (χ1n) is 4.53. The Bertz CT molecular complexity index is 217. The number of carbonyl (C=O) groups excluding carboxylic acids is 1. The fourth-order valence-corrected chi connectivity index (χ4v) is 1.38. The maximum absolute atomic E-state index is 11.1. The van der Waals surface area contributed by atoms with Crippen LogP contribution in [0.4, 0.5) is 0 Å². The molecular weight excluding hydrogens is 299 g/mol. The highest BCUT2D eigenvalue weighted by Crippen LogP contribution is 2.26. The van der Waals surface area contributed by atoms with Crippen molar-refractivity contribution in [2.75, 3.05) is 11.0 Å². The molecule has 0 bridgehead atoms. The third kappa shape index (κ3) is 2.80. The van der Waals surface area contributed by atoms with E-state index in [1.807, 2.05) is 13.8 Å². The number of alkyl halides is 1. The number of aliphatic hydroxyl groups excluding tert-OH is 1. The molecule has 1 aliphatic heterocycles. The molecule has 1 N–H and O–H groups in total. The Morgan fingerprint density at radius 1 is 1.79 bits per heavy atom. The van der Waals surface area contributed by atoms with E-state index in [0.717, 1.165) is 4.43 Å². The number of cyclic esters (lactones) is 1. The first-order valence-corrected chi connectivity index (χ1v) is 6.06. The van der Waals surface area contributed by atoms with Crippen molar-refractivity contribution in [3.05, 3.63) is 0 Å². The molecule has 5 heteroatoms. The smallest absolute Gasteiger partial charge is 0.335 e. The first kappa shape index (κ1) is 12.2. The number of aliphatic hydroxyl groups is 1. The summed E-state index contributed by atoms with van der Waals surface area (Å²) in [5.74, 6) is -0.367. The lowest BCUT2D eigenvalue weighted by atomic mass is 9.96. The summed E-state index contributed by atoms with van der Waals surface area (Å²) >= 11 is 2.18. The van der Waals surface area contributed by atoms with Gasteiger partial charge in [-0.1, -0.05) is 36.4 Å². The van der Waals surface area contributed by atoms with E-state index < -0.39 is 12.4 Å². The molecule has 2 unspecified atom stereocenters. The second kappa shape index (κ2) is 4.76. The van der Waals surface area contributed by atoms with Crippen molar-refractivity contribution in [1.29, 1.82) is 0 Å².